The summed E-state index contributed by atoms with van der Waals surface area (Å²) in [6, 6.07) is 9.87. The number of carbonyl (C=O) groups excluding carboxylic acids is 2. The summed E-state index contributed by atoms with van der Waals surface area (Å²) in [4.78, 5) is 37.3. The minimum atomic E-state index is -0.745. The molecule has 13 heteroatoms. The van der Waals surface area contributed by atoms with Crippen molar-refractivity contribution in [1.82, 2.24) is 29.9 Å². The zero-order chi connectivity index (χ0) is 26.3. The number of hydrogen-bond donors (Lipinski definition) is 2. The lowest BCUT2D eigenvalue weighted by Crippen LogP contribution is -2.45. The Labute approximate surface area is 225 Å². The van der Waals surface area contributed by atoms with Crippen LogP contribution in [-0.2, 0) is 9.53 Å². The molecule has 1 saturated heterocycles. The van der Waals surface area contributed by atoms with Crippen molar-refractivity contribution in [2.45, 2.75) is 44.9 Å². The summed E-state index contributed by atoms with van der Waals surface area (Å²) < 4.78 is 8.17. The number of thiazole rings is 1. The van der Waals surface area contributed by atoms with Gasteiger partial charge in [0.2, 0.25) is 5.91 Å². The fourth-order valence-corrected chi connectivity index (χ4v) is 5.05. The monoisotopic (exact) mass is 584 g/mol. The summed E-state index contributed by atoms with van der Waals surface area (Å²) in [5.41, 5.74) is 7.65. The number of halogens is 1. The van der Waals surface area contributed by atoms with Crippen molar-refractivity contribution < 1.29 is 14.3 Å². The molecule has 3 aromatic heterocycles. The number of likely N-dealkylation sites (tertiary alicyclic amines) is 1. The lowest BCUT2D eigenvalue weighted by Gasteiger charge is -2.27. The summed E-state index contributed by atoms with van der Waals surface area (Å²) in [6.07, 6.45) is 1.56. The number of hydrogen-bond acceptors (Lipinski definition) is 9. The van der Waals surface area contributed by atoms with Crippen molar-refractivity contribution in [2.24, 2.45) is 0 Å². The molecule has 1 fully saturated rings. The first-order valence-corrected chi connectivity index (χ1v) is 13.2. The number of rotatable bonds is 4. The van der Waals surface area contributed by atoms with Gasteiger partial charge in [0.15, 0.2) is 5.13 Å². The van der Waals surface area contributed by atoms with Gasteiger partial charge in [-0.1, -0.05) is 32.5 Å². The Morgan fingerprint density at radius 3 is 2.62 bits per heavy atom. The number of amides is 2. The number of pyridine rings is 1. The number of aromatic nitrogens is 5. The van der Waals surface area contributed by atoms with Gasteiger partial charge in [-0.2, -0.15) is 0 Å². The number of nitrogens with one attached hydrogen (secondary N) is 1. The standard InChI is InChI=1S/C24H25BrN8O3S/c1-24(2,3)36-23(35)32-11-15(10-19(32)20(34)27-14-6-4-13(25)5-7-14)33-12-18(30-31-33)16-8-9-17-21(28-16)37-22(26)29-17/h4-9,12,15,19H,10-11H2,1-3H3,(H2,26,29)(H,27,34)/t15-,19-/m0/s1. The van der Waals surface area contributed by atoms with Crippen LogP contribution in [0.25, 0.3) is 21.7 Å². The fraction of sp³-hybridized carbons (Fsp3) is 0.333. The molecule has 5 rings (SSSR count). The molecular formula is C24H25BrN8O3S. The molecule has 2 amide bonds. The second-order valence-electron chi connectivity index (χ2n) is 9.69. The number of nitrogens with two attached hydrogens (primary N) is 1. The second kappa shape index (κ2) is 9.71. The molecule has 37 heavy (non-hydrogen) atoms. The predicted molar refractivity (Wildman–Crippen MR) is 144 cm³/mol. The van der Waals surface area contributed by atoms with Crippen molar-refractivity contribution in [3.05, 3.63) is 47.1 Å². The smallest absolute Gasteiger partial charge is 0.411 e. The Bertz CT molecular complexity index is 1460. The molecule has 1 aromatic carbocycles. The van der Waals surface area contributed by atoms with Crippen molar-refractivity contribution in [1.29, 1.82) is 0 Å². The van der Waals surface area contributed by atoms with Gasteiger partial charge in [-0.15, -0.1) is 5.10 Å². The topological polar surface area (TPSA) is 141 Å². The highest BCUT2D eigenvalue weighted by Crippen LogP contribution is 2.31. The molecule has 0 unspecified atom stereocenters. The second-order valence-corrected chi connectivity index (χ2v) is 11.6. The number of benzene rings is 1. The molecule has 1 aliphatic heterocycles. The average molecular weight is 585 g/mol. The van der Waals surface area contributed by atoms with Crippen LogP contribution in [0.3, 0.4) is 0 Å². The van der Waals surface area contributed by atoms with Gasteiger partial charge in [0.1, 0.15) is 27.7 Å². The minimum absolute atomic E-state index is 0.244. The van der Waals surface area contributed by atoms with Crippen LogP contribution in [-0.4, -0.2) is 60.0 Å². The number of nitrogen functional groups attached to an aromatic ring is 1. The molecule has 0 radical (unpaired) electrons. The number of ether oxygens (including phenoxy) is 1. The Morgan fingerprint density at radius 1 is 1.14 bits per heavy atom. The van der Waals surface area contributed by atoms with Crippen LogP contribution >= 0.6 is 27.3 Å². The molecule has 192 valence electrons. The third-order valence-corrected chi connectivity index (χ3v) is 7.06. The van der Waals surface area contributed by atoms with E-state index in [1.807, 2.05) is 24.3 Å². The third kappa shape index (κ3) is 5.57. The first-order valence-electron chi connectivity index (χ1n) is 11.6. The molecule has 3 N–H and O–H groups in total. The van der Waals surface area contributed by atoms with E-state index in [0.717, 1.165) is 9.99 Å². The lowest BCUT2D eigenvalue weighted by molar-refractivity contribution is -0.120. The van der Waals surface area contributed by atoms with E-state index in [4.69, 9.17) is 10.5 Å². The maximum absolute atomic E-state index is 13.3. The number of carbonyl (C=O) groups is 2. The van der Waals surface area contributed by atoms with Gasteiger partial charge < -0.3 is 15.8 Å². The predicted octanol–water partition coefficient (Wildman–Crippen LogP) is 4.48. The molecule has 0 saturated carbocycles. The van der Waals surface area contributed by atoms with E-state index in [1.54, 1.807) is 43.8 Å². The van der Waals surface area contributed by atoms with Crippen LogP contribution in [0.4, 0.5) is 15.6 Å². The molecule has 1 aliphatic rings. The Kier molecular flexibility index (Phi) is 6.58. The van der Waals surface area contributed by atoms with Crippen molar-refractivity contribution >= 4 is 60.4 Å². The lowest BCUT2D eigenvalue weighted by atomic mass is 10.1. The van der Waals surface area contributed by atoms with E-state index in [9.17, 15) is 9.59 Å². The maximum Gasteiger partial charge on any atom is 0.411 e. The quantitative estimate of drug-likeness (QED) is 0.357. The summed E-state index contributed by atoms with van der Waals surface area (Å²) in [7, 11) is 0. The van der Waals surface area contributed by atoms with E-state index in [-0.39, 0.29) is 18.5 Å². The van der Waals surface area contributed by atoms with Gasteiger partial charge in [-0.25, -0.2) is 19.4 Å². The Balaban J connectivity index is 1.38. The summed E-state index contributed by atoms with van der Waals surface area (Å²) in [6.45, 7) is 5.62. The summed E-state index contributed by atoms with van der Waals surface area (Å²) in [5.74, 6) is -0.300. The Morgan fingerprint density at radius 2 is 1.89 bits per heavy atom. The molecule has 4 heterocycles. The first-order chi connectivity index (χ1) is 17.6. The highest BCUT2D eigenvalue weighted by molar-refractivity contribution is 9.10. The van der Waals surface area contributed by atoms with E-state index >= 15 is 0 Å². The average Bonchev–Trinajstić information content (AvgIpc) is 3.56. The van der Waals surface area contributed by atoms with Crippen molar-refractivity contribution in [2.75, 3.05) is 17.6 Å². The minimum Gasteiger partial charge on any atom is -0.444 e. The van der Waals surface area contributed by atoms with Crippen LogP contribution in [0, 0.1) is 0 Å². The van der Waals surface area contributed by atoms with Gasteiger partial charge in [-0.3, -0.25) is 9.69 Å². The van der Waals surface area contributed by atoms with E-state index < -0.39 is 17.7 Å². The summed E-state index contributed by atoms with van der Waals surface area (Å²) in [5, 5.41) is 11.9. The van der Waals surface area contributed by atoms with Crippen molar-refractivity contribution in [3.63, 3.8) is 0 Å². The van der Waals surface area contributed by atoms with Gasteiger partial charge in [-0.05, 0) is 57.2 Å². The zero-order valence-electron chi connectivity index (χ0n) is 20.4. The van der Waals surface area contributed by atoms with Crippen LogP contribution in [0.5, 0.6) is 0 Å². The molecule has 0 aliphatic carbocycles. The van der Waals surface area contributed by atoms with Crippen LogP contribution in [0.2, 0.25) is 0 Å². The van der Waals surface area contributed by atoms with Gasteiger partial charge in [0.25, 0.3) is 0 Å². The van der Waals surface area contributed by atoms with Crippen LogP contribution in [0.15, 0.2) is 47.1 Å². The van der Waals surface area contributed by atoms with Gasteiger partial charge in [0, 0.05) is 23.1 Å². The Hall–Kier alpha value is -3.58. The van der Waals surface area contributed by atoms with Crippen LogP contribution < -0.4 is 11.1 Å². The number of fused-ring (bicyclic) bond motifs is 1. The van der Waals surface area contributed by atoms with E-state index in [2.05, 4.69) is 41.5 Å². The van der Waals surface area contributed by atoms with E-state index in [1.165, 1.54) is 16.2 Å². The molecule has 2 atom stereocenters. The molecule has 4 aromatic rings. The largest absolute Gasteiger partial charge is 0.444 e. The highest BCUT2D eigenvalue weighted by atomic mass is 79.9. The first kappa shape index (κ1) is 25.1. The number of nitrogens with zero attached hydrogens (tertiary/aromatic N) is 6. The molecular weight excluding hydrogens is 560 g/mol. The van der Waals surface area contributed by atoms with Crippen molar-refractivity contribution in [3.8, 4) is 11.4 Å². The molecule has 0 spiro atoms. The maximum atomic E-state index is 13.3. The third-order valence-electron chi connectivity index (χ3n) is 5.74. The molecule has 11 nitrogen and oxygen atoms in total. The zero-order valence-corrected chi connectivity index (χ0v) is 22.8. The number of anilines is 2. The summed E-state index contributed by atoms with van der Waals surface area (Å²) >= 11 is 4.69. The normalized spacial score (nSPS) is 17.8. The van der Waals surface area contributed by atoms with Crippen LogP contribution in [0.1, 0.15) is 33.2 Å². The SMILES string of the molecule is CC(C)(C)OC(=O)N1C[C@@H](n2cc(-c3ccc4nc(N)sc4n3)nn2)C[C@H]1C(=O)Nc1ccc(Br)cc1. The van der Waals surface area contributed by atoms with Gasteiger partial charge >= 0.3 is 6.09 Å². The molecule has 0 bridgehead atoms. The van der Waals surface area contributed by atoms with Gasteiger partial charge in [0.05, 0.1) is 17.9 Å². The van der Waals surface area contributed by atoms with E-state index in [0.29, 0.717) is 33.5 Å². The highest BCUT2D eigenvalue weighted by Gasteiger charge is 2.42. The fourth-order valence-electron chi connectivity index (χ4n) is 4.08.